The van der Waals surface area contributed by atoms with E-state index in [9.17, 15) is 9.59 Å². The summed E-state index contributed by atoms with van der Waals surface area (Å²) < 4.78 is 5.37. The summed E-state index contributed by atoms with van der Waals surface area (Å²) in [5.41, 5.74) is 0. The zero-order valence-electron chi connectivity index (χ0n) is 15.3. The number of nitrogens with one attached hydrogen (secondary N) is 1. The number of amides is 2. The molecular formula is C20H23N3O3S. The molecule has 0 unspecified atom stereocenters. The Bertz CT molecular complexity index is 805. The first-order valence-electron chi connectivity index (χ1n) is 8.91. The van der Waals surface area contributed by atoms with E-state index in [1.54, 1.807) is 35.5 Å². The number of hydrogen-bond acceptors (Lipinski definition) is 5. The summed E-state index contributed by atoms with van der Waals surface area (Å²) in [6.07, 6.45) is 1.71. The molecule has 1 fully saturated rings. The van der Waals surface area contributed by atoms with Crippen molar-refractivity contribution in [2.45, 2.75) is 32.5 Å². The first-order valence-corrected chi connectivity index (χ1v) is 9.79. The third-order valence-corrected chi connectivity index (χ3v) is 5.34. The van der Waals surface area contributed by atoms with Crippen LogP contribution in [0.5, 0.6) is 0 Å². The lowest BCUT2D eigenvalue weighted by atomic mass is 10.1. The van der Waals surface area contributed by atoms with Gasteiger partial charge >= 0.3 is 0 Å². The van der Waals surface area contributed by atoms with Crippen LogP contribution in [0.3, 0.4) is 0 Å². The maximum Gasteiger partial charge on any atom is 0.237 e. The van der Waals surface area contributed by atoms with Gasteiger partial charge in [0.25, 0.3) is 0 Å². The van der Waals surface area contributed by atoms with Crippen LogP contribution in [-0.4, -0.2) is 47.3 Å². The Balaban J connectivity index is 1.70. The third kappa shape index (κ3) is 5.22. The van der Waals surface area contributed by atoms with Gasteiger partial charge in [0, 0.05) is 24.5 Å². The number of piperazine rings is 1. The second-order valence-corrected chi connectivity index (χ2v) is 7.35. The van der Waals surface area contributed by atoms with Gasteiger partial charge in [-0.15, -0.1) is 17.3 Å². The molecule has 6 nitrogen and oxygen atoms in total. The molecule has 1 N–H and O–H groups in total. The second kappa shape index (κ2) is 9.40. The normalized spacial score (nSPS) is 17.1. The highest BCUT2D eigenvalue weighted by atomic mass is 32.1. The van der Waals surface area contributed by atoms with E-state index in [0.717, 1.165) is 6.54 Å². The molecule has 2 aromatic heterocycles. The monoisotopic (exact) mass is 385 g/mol. The molecule has 0 aromatic carbocycles. The Morgan fingerprint density at radius 1 is 1.44 bits per heavy atom. The number of thiophene rings is 1. The van der Waals surface area contributed by atoms with E-state index >= 15 is 0 Å². The molecule has 0 radical (unpaired) electrons. The minimum Gasteiger partial charge on any atom is -0.467 e. The van der Waals surface area contributed by atoms with E-state index in [1.165, 1.54) is 4.88 Å². The molecule has 1 atom stereocenters. The van der Waals surface area contributed by atoms with Crippen LogP contribution in [0.25, 0.3) is 0 Å². The van der Waals surface area contributed by atoms with Gasteiger partial charge in [0.1, 0.15) is 5.76 Å². The molecule has 3 rings (SSSR count). The van der Waals surface area contributed by atoms with E-state index in [-0.39, 0.29) is 18.2 Å². The molecule has 1 aliphatic rings. The van der Waals surface area contributed by atoms with Crippen LogP contribution in [0.2, 0.25) is 0 Å². The molecule has 3 heterocycles. The number of furan rings is 1. The summed E-state index contributed by atoms with van der Waals surface area (Å²) in [5.74, 6) is 6.26. The minimum atomic E-state index is -0.470. The van der Waals surface area contributed by atoms with E-state index in [0.29, 0.717) is 31.9 Å². The lowest BCUT2D eigenvalue weighted by Crippen LogP contribution is -2.56. The second-order valence-electron chi connectivity index (χ2n) is 6.32. The lowest BCUT2D eigenvalue weighted by Gasteiger charge is -2.35. The van der Waals surface area contributed by atoms with Crippen LogP contribution in [0.4, 0.5) is 0 Å². The van der Waals surface area contributed by atoms with E-state index < -0.39 is 6.04 Å². The van der Waals surface area contributed by atoms with Gasteiger partial charge in [0.05, 0.1) is 31.8 Å². The number of carbonyl (C=O) groups is 2. The van der Waals surface area contributed by atoms with Crippen LogP contribution in [0.15, 0.2) is 40.3 Å². The fourth-order valence-corrected chi connectivity index (χ4v) is 3.80. The van der Waals surface area contributed by atoms with Gasteiger partial charge < -0.3 is 14.6 Å². The summed E-state index contributed by atoms with van der Waals surface area (Å²) in [6.45, 7) is 4.42. The quantitative estimate of drug-likeness (QED) is 0.741. The van der Waals surface area contributed by atoms with Gasteiger partial charge in [-0.3, -0.25) is 14.5 Å². The molecule has 0 aliphatic carbocycles. The largest absolute Gasteiger partial charge is 0.467 e. The van der Waals surface area contributed by atoms with Crippen molar-refractivity contribution in [3.63, 3.8) is 0 Å². The zero-order chi connectivity index (χ0) is 19.1. The van der Waals surface area contributed by atoms with E-state index in [4.69, 9.17) is 4.42 Å². The van der Waals surface area contributed by atoms with E-state index in [2.05, 4.69) is 28.1 Å². The first-order chi connectivity index (χ1) is 13.2. The molecule has 2 amide bonds. The fourth-order valence-electron chi connectivity index (χ4n) is 3.07. The van der Waals surface area contributed by atoms with Gasteiger partial charge in [-0.2, -0.15) is 0 Å². The first kappa shape index (κ1) is 19.2. The van der Waals surface area contributed by atoms with Crippen molar-refractivity contribution in [1.82, 2.24) is 15.1 Å². The van der Waals surface area contributed by atoms with Crippen molar-refractivity contribution in [2.24, 2.45) is 0 Å². The molecular weight excluding hydrogens is 362 g/mol. The Labute approximate surface area is 163 Å². The topological polar surface area (TPSA) is 65.8 Å². The van der Waals surface area contributed by atoms with Crippen LogP contribution < -0.4 is 5.32 Å². The van der Waals surface area contributed by atoms with Crippen molar-refractivity contribution in [2.75, 3.05) is 19.6 Å². The summed E-state index contributed by atoms with van der Waals surface area (Å²) in [5, 5.41) is 4.90. The Morgan fingerprint density at radius 2 is 2.33 bits per heavy atom. The van der Waals surface area contributed by atoms with Crippen LogP contribution in [0, 0.1) is 11.8 Å². The highest BCUT2D eigenvalue weighted by molar-refractivity contribution is 7.09. The molecule has 0 bridgehead atoms. The predicted octanol–water partition coefficient (Wildman–Crippen LogP) is 2.08. The molecule has 1 saturated heterocycles. The van der Waals surface area contributed by atoms with Crippen LogP contribution in [0.1, 0.15) is 24.0 Å². The zero-order valence-corrected chi connectivity index (χ0v) is 16.1. The third-order valence-electron chi connectivity index (χ3n) is 4.47. The van der Waals surface area contributed by atoms with Crippen LogP contribution >= 0.6 is 11.3 Å². The van der Waals surface area contributed by atoms with Gasteiger partial charge in [-0.1, -0.05) is 12.0 Å². The summed E-state index contributed by atoms with van der Waals surface area (Å²) in [4.78, 5) is 30.3. The number of hydrogen-bond donors (Lipinski definition) is 1. The predicted molar refractivity (Wildman–Crippen MR) is 104 cm³/mol. The minimum absolute atomic E-state index is 0.0920. The summed E-state index contributed by atoms with van der Waals surface area (Å²) in [6, 6.07) is 7.20. The van der Waals surface area contributed by atoms with Crippen molar-refractivity contribution < 1.29 is 14.0 Å². The van der Waals surface area contributed by atoms with E-state index in [1.807, 2.05) is 17.5 Å². The Kier molecular flexibility index (Phi) is 6.69. The SMILES string of the molecule is CC#CCN(Cc1ccco1)C(=O)C[C@H]1C(=O)NCCN1Cc1cccs1. The van der Waals surface area contributed by atoms with Crippen LogP contribution in [-0.2, 0) is 22.7 Å². The van der Waals surface area contributed by atoms with Gasteiger partial charge in [-0.05, 0) is 30.5 Å². The summed E-state index contributed by atoms with van der Waals surface area (Å²) >= 11 is 1.66. The molecule has 7 heteroatoms. The maximum absolute atomic E-state index is 12.9. The molecule has 0 saturated carbocycles. The highest BCUT2D eigenvalue weighted by Crippen LogP contribution is 2.18. The molecule has 2 aromatic rings. The molecule has 0 spiro atoms. The standard InChI is InChI=1S/C20H23N3O3S/c1-2-3-9-23(14-16-6-4-11-26-16)19(24)13-18-20(25)21-8-10-22(18)15-17-7-5-12-27-17/h4-7,11-12,18H,8-10,13-15H2,1H3,(H,21,25)/t18-/m0/s1. The number of nitrogens with zero attached hydrogens (tertiary/aromatic N) is 2. The van der Waals surface area contributed by atoms with Gasteiger partial charge in [-0.25, -0.2) is 0 Å². The maximum atomic E-state index is 12.9. The average molecular weight is 385 g/mol. The van der Waals surface area contributed by atoms with Crippen molar-refractivity contribution >= 4 is 23.2 Å². The van der Waals surface area contributed by atoms with Gasteiger partial charge in [0.15, 0.2) is 0 Å². The Morgan fingerprint density at radius 3 is 3.04 bits per heavy atom. The summed E-state index contributed by atoms with van der Waals surface area (Å²) in [7, 11) is 0. The smallest absolute Gasteiger partial charge is 0.237 e. The molecule has 27 heavy (non-hydrogen) atoms. The lowest BCUT2D eigenvalue weighted by molar-refractivity contribution is -0.139. The highest BCUT2D eigenvalue weighted by Gasteiger charge is 2.33. The van der Waals surface area contributed by atoms with Crippen molar-refractivity contribution in [3.8, 4) is 11.8 Å². The molecule has 142 valence electrons. The van der Waals surface area contributed by atoms with Crippen molar-refractivity contribution in [3.05, 3.63) is 46.5 Å². The van der Waals surface area contributed by atoms with Crippen molar-refractivity contribution in [1.29, 1.82) is 0 Å². The molecule has 1 aliphatic heterocycles. The van der Waals surface area contributed by atoms with Gasteiger partial charge in [0.2, 0.25) is 11.8 Å². The average Bonchev–Trinajstić information content (AvgIpc) is 3.35. The Hall–Kier alpha value is -2.56. The number of carbonyl (C=O) groups excluding carboxylic acids is 2. The fraction of sp³-hybridized carbons (Fsp3) is 0.400. The number of rotatable bonds is 7.